The molecule has 0 fully saturated rings. The van der Waals surface area contributed by atoms with E-state index in [1.165, 1.54) is 128 Å². The Kier molecular flexibility index (Phi) is 17.2. The summed E-state index contributed by atoms with van der Waals surface area (Å²) in [7, 11) is 0. The van der Waals surface area contributed by atoms with Crippen molar-refractivity contribution >= 4 is 43.1 Å². The molecule has 0 bridgehead atoms. The highest BCUT2D eigenvalue weighted by molar-refractivity contribution is 6.09. The van der Waals surface area contributed by atoms with Crippen molar-refractivity contribution in [2.45, 2.75) is 79.6 Å². The van der Waals surface area contributed by atoms with Gasteiger partial charge in [-0.3, -0.25) is 0 Å². The van der Waals surface area contributed by atoms with Gasteiger partial charge in [-0.1, -0.05) is 299 Å². The molecule has 0 heterocycles. The number of fused-ring (bicyclic) bond motifs is 9. The molecule has 0 aliphatic heterocycles. The van der Waals surface area contributed by atoms with Gasteiger partial charge in [0, 0.05) is 0 Å². The number of hydrogen-bond acceptors (Lipinski definition) is 0. The minimum Gasteiger partial charge on any atom is -0.0683 e. The maximum atomic E-state index is 2.55. The van der Waals surface area contributed by atoms with Crippen molar-refractivity contribution in [2.24, 2.45) is 0 Å². The number of aryl methyl sites for hydroxylation is 7. The predicted molar refractivity (Wildman–Crippen MR) is 331 cm³/mol. The van der Waals surface area contributed by atoms with Crippen LogP contribution in [0.3, 0.4) is 0 Å². The van der Waals surface area contributed by atoms with Gasteiger partial charge in [-0.2, -0.15) is 0 Å². The Morgan fingerprint density at radius 3 is 1.42 bits per heavy atom. The summed E-state index contributed by atoms with van der Waals surface area (Å²) >= 11 is 0. The molecule has 1 atom stereocenters. The Hall–Kier alpha value is -8.32. The first-order chi connectivity index (χ1) is 37.3. The van der Waals surface area contributed by atoms with E-state index < -0.39 is 5.41 Å². The van der Waals surface area contributed by atoms with Crippen LogP contribution in [-0.2, 0) is 24.7 Å². The molecule has 1 aliphatic rings. The molecule has 0 spiro atoms. The second kappa shape index (κ2) is 24.8. The van der Waals surface area contributed by atoms with Crippen molar-refractivity contribution in [3.05, 3.63) is 322 Å². The van der Waals surface area contributed by atoms with Crippen molar-refractivity contribution < 1.29 is 0 Å². The highest BCUT2D eigenvalue weighted by Crippen LogP contribution is 2.59. The molecule has 12 aromatic rings. The lowest BCUT2D eigenvalue weighted by molar-refractivity contribution is 0.773. The fraction of sp³-hybridized carbons (Fsp3) is 0.158. The normalized spacial score (nSPS) is 12.9. The zero-order valence-corrected chi connectivity index (χ0v) is 45.7. The maximum Gasteiger partial charge on any atom is 0.0719 e. The fourth-order valence-electron chi connectivity index (χ4n) is 11.3. The molecule has 0 N–H and O–H groups in total. The van der Waals surface area contributed by atoms with Gasteiger partial charge in [0.1, 0.15) is 0 Å². The van der Waals surface area contributed by atoms with E-state index in [2.05, 4.69) is 259 Å². The van der Waals surface area contributed by atoms with Crippen LogP contribution in [0.2, 0.25) is 0 Å². The Morgan fingerprint density at radius 1 is 0.303 bits per heavy atom. The topological polar surface area (TPSA) is 0 Å². The van der Waals surface area contributed by atoms with Gasteiger partial charge in [0.2, 0.25) is 0 Å². The first-order valence-electron chi connectivity index (χ1n) is 27.5. The first kappa shape index (κ1) is 52.5. The minimum atomic E-state index is -0.474. The summed E-state index contributed by atoms with van der Waals surface area (Å²) in [6, 6.07) is 95.2. The molecule has 376 valence electrons. The average Bonchev–Trinajstić information content (AvgIpc) is 3.77. The van der Waals surface area contributed by atoms with Gasteiger partial charge < -0.3 is 0 Å². The Labute approximate surface area is 453 Å². The smallest absolute Gasteiger partial charge is 0.0683 e. The van der Waals surface area contributed by atoms with E-state index in [9.17, 15) is 0 Å². The third kappa shape index (κ3) is 11.2. The zero-order chi connectivity index (χ0) is 52.9. The monoisotopic (exact) mass is 985 g/mol. The number of rotatable bonds is 7. The maximum absolute atomic E-state index is 2.55. The molecule has 12 aromatic carbocycles. The summed E-state index contributed by atoms with van der Waals surface area (Å²) in [6.45, 7) is 14.9. The summed E-state index contributed by atoms with van der Waals surface area (Å²) in [5, 5.41) is 10.6. The Balaban J connectivity index is 0.000000231. The van der Waals surface area contributed by atoms with Crippen molar-refractivity contribution in [1.82, 2.24) is 0 Å². The van der Waals surface area contributed by atoms with Gasteiger partial charge in [-0.25, -0.2) is 0 Å². The van der Waals surface area contributed by atoms with Gasteiger partial charge in [0.15, 0.2) is 0 Å². The number of hydrogen-bond donors (Lipinski definition) is 0. The average molecular weight is 985 g/mol. The zero-order valence-electron chi connectivity index (χ0n) is 45.7. The molecule has 0 heteroatoms. The van der Waals surface area contributed by atoms with E-state index in [0.717, 1.165) is 12.8 Å². The summed E-state index contributed by atoms with van der Waals surface area (Å²) < 4.78 is 0. The van der Waals surface area contributed by atoms with Crippen molar-refractivity contribution in [1.29, 1.82) is 0 Å². The molecular formula is C76H72. The lowest BCUT2D eigenvalue weighted by Gasteiger charge is -2.35. The van der Waals surface area contributed by atoms with Crippen LogP contribution in [0.4, 0.5) is 0 Å². The molecule has 0 saturated heterocycles. The lowest BCUT2D eigenvalue weighted by atomic mass is 9.66. The van der Waals surface area contributed by atoms with E-state index in [1.54, 1.807) is 0 Å². The second-order valence-corrected chi connectivity index (χ2v) is 20.0. The molecule has 0 radical (unpaired) electrons. The van der Waals surface area contributed by atoms with E-state index >= 15 is 0 Å². The largest absolute Gasteiger partial charge is 0.0719 e. The van der Waals surface area contributed by atoms with Crippen LogP contribution in [0.25, 0.3) is 54.2 Å². The molecule has 0 nitrogen and oxygen atoms in total. The van der Waals surface area contributed by atoms with Crippen LogP contribution in [0, 0.1) is 27.7 Å². The highest BCUT2D eigenvalue weighted by Gasteiger charge is 2.47. The third-order valence-corrected chi connectivity index (χ3v) is 14.9. The van der Waals surface area contributed by atoms with Crippen LogP contribution in [-0.4, -0.2) is 0 Å². The summed E-state index contributed by atoms with van der Waals surface area (Å²) in [5.74, 6) is 0. The minimum absolute atomic E-state index is 0.474. The van der Waals surface area contributed by atoms with Crippen molar-refractivity contribution in [3.63, 3.8) is 0 Å². The lowest BCUT2D eigenvalue weighted by Crippen LogP contribution is -2.29. The number of benzene rings is 12. The molecular weight excluding hydrogens is 913 g/mol. The van der Waals surface area contributed by atoms with Gasteiger partial charge in [0.05, 0.1) is 5.41 Å². The molecule has 0 aromatic heterocycles. The van der Waals surface area contributed by atoms with Gasteiger partial charge in [-0.15, -0.1) is 0 Å². The Morgan fingerprint density at radius 2 is 0.803 bits per heavy atom. The summed E-state index contributed by atoms with van der Waals surface area (Å²) in [4.78, 5) is 0. The van der Waals surface area contributed by atoms with Crippen LogP contribution in [0.15, 0.2) is 261 Å². The fourth-order valence-corrected chi connectivity index (χ4v) is 11.3. The third-order valence-electron chi connectivity index (χ3n) is 14.9. The SMILES string of the molecule is CC.CCCc1ccccc1.Cc1cc2c(c3ccccc13)-c1ccc(CCc3ccc4c(c3)c(C)cc3ccccc34)cc1C2(c1ccccc1)c1cccc2ccccc12.Cc1ccccc1.Cc1ccccc1. The van der Waals surface area contributed by atoms with Crippen LogP contribution in [0.5, 0.6) is 0 Å². The molecule has 13 rings (SSSR count). The molecule has 0 saturated carbocycles. The van der Waals surface area contributed by atoms with Gasteiger partial charge in [0.25, 0.3) is 0 Å². The molecule has 0 amide bonds. The Bertz CT molecular complexity index is 3770. The van der Waals surface area contributed by atoms with Crippen LogP contribution in [0.1, 0.15) is 88.4 Å². The van der Waals surface area contributed by atoms with Crippen molar-refractivity contribution in [3.8, 4) is 11.1 Å². The van der Waals surface area contributed by atoms with E-state index in [0.29, 0.717) is 0 Å². The van der Waals surface area contributed by atoms with Crippen molar-refractivity contribution in [2.75, 3.05) is 0 Å². The second-order valence-electron chi connectivity index (χ2n) is 20.0. The summed E-state index contributed by atoms with van der Waals surface area (Å²) in [6.07, 6.45) is 4.41. The first-order valence-corrected chi connectivity index (χ1v) is 27.5. The van der Waals surface area contributed by atoms with Gasteiger partial charge >= 0.3 is 0 Å². The highest BCUT2D eigenvalue weighted by atomic mass is 14.5. The van der Waals surface area contributed by atoms with Gasteiger partial charge in [-0.05, 0) is 151 Å². The van der Waals surface area contributed by atoms with Crippen LogP contribution < -0.4 is 0 Å². The summed E-state index contributed by atoms with van der Waals surface area (Å²) in [5.41, 5.74) is 17.2. The van der Waals surface area contributed by atoms with E-state index in [1.807, 2.05) is 50.2 Å². The molecule has 1 aliphatic carbocycles. The van der Waals surface area contributed by atoms with E-state index in [4.69, 9.17) is 0 Å². The van der Waals surface area contributed by atoms with Crippen LogP contribution >= 0.6 is 0 Å². The molecule has 76 heavy (non-hydrogen) atoms. The van der Waals surface area contributed by atoms with E-state index in [-0.39, 0.29) is 0 Å². The standard InChI is InChI=1S/C51H38.C9H12.2C7H8.C2H6/c1-33-29-38-14-7-8-19-41(38)43-27-25-35(31-46(33)43)23-24-36-26-28-45-48(32-36)51(39-16-4-3-5-17-39,47-22-12-15-37-13-6-9-20-42(37)47)49-30-34(2)40-18-10-11-21-44(40)50(45)49;1-2-6-9-7-4-3-5-8-9;2*1-7-5-3-2-4-6-7;1-2/h3-22,25-32H,23-24H2,1-2H3;3-5,7-8H,2,6H2,1H3;2*2-6H,1H3;1-2H3. The molecule has 1 unspecified atom stereocenters. The quantitative estimate of drug-likeness (QED) is 0.140. The predicted octanol–water partition coefficient (Wildman–Crippen LogP) is 20.7.